The molecule has 0 bridgehead atoms. The zero-order valence-electron chi connectivity index (χ0n) is 24.8. The Morgan fingerprint density at radius 2 is 1.70 bits per heavy atom. The van der Waals surface area contributed by atoms with Crippen molar-refractivity contribution in [2.45, 2.75) is 25.1 Å². The zero-order valence-corrected chi connectivity index (χ0v) is 24.8. The molecule has 1 aliphatic heterocycles. The molecule has 1 atom stereocenters. The number of halogens is 4. The number of fused-ring (bicyclic) bond motifs is 1. The molecular weight excluding hydrogens is 620 g/mol. The van der Waals surface area contributed by atoms with Crippen LogP contribution in [-0.2, 0) is 4.79 Å². The molecular formula is C33H28F4N6O4. The van der Waals surface area contributed by atoms with E-state index in [1.54, 1.807) is 43.5 Å². The minimum absolute atomic E-state index is 0.0808. The second kappa shape index (κ2) is 12.7. The largest absolute Gasteiger partial charge is 0.482 e. The van der Waals surface area contributed by atoms with E-state index in [9.17, 15) is 32.3 Å². The van der Waals surface area contributed by atoms with Crippen molar-refractivity contribution in [1.82, 2.24) is 19.5 Å². The number of pyridine rings is 1. The van der Waals surface area contributed by atoms with Gasteiger partial charge >= 0.3 is 6.18 Å². The fourth-order valence-corrected chi connectivity index (χ4v) is 4.97. The van der Waals surface area contributed by atoms with Crippen molar-refractivity contribution < 1.29 is 37.0 Å². The van der Waals surface area contributed by atoms with Gasteiger partial charge in [-0.25, -0.2) is 8.91 Å². The first-order chi connectivity index (χ1) is 22.4. The summed E-state index contributed by atoms with van der Waals surface area (Å²) in [7, 11) is 0. The van der Waals surface area contributed by atoms with Crippen LogP contribution in [0.3, 0.4) is 0 Å². The Morgan fingerprint density at radius 3 is 2.38 bits per heavy atom. The van der Waals surface area contributed by atoms with Crippen LogP contribution in [0.2, 0.25) is 0 Å². The summed E-state index contributed by atoms with van der Waals surface area (Å²) in [5.74, 6) is -1.67. The van der Waals surface area contributed by atoms with E-state index in [0.717, 1.165) is 11.1 Å². The van der Waals surface area contributed by atoms with Gasteiger partial charge in [-0.1, -0.05) is 24.3 Å². The summed E-state index contributed by atoms with van der Waals surface area (Å²) in [6.45, 7) is 0.452. The van der Waals surface area contributed by atoms with Gasteiger partial charge in [0.25, 0.3) is 5.91 Å². The molecule has 6 rings (SSSR count). The molecule has 3 heterocycles. The topological polar surface area (TPSA) is 121 Å². The number of benzene rings is 3. The lowest BCUT2D eigenvalue weighted by Crippen LogP contribution is -2.53. The van der Waals surface area contributed by atoms with Crippen LogP contribution in [0.15, 0.2) is 85.1 Å². The van der Waals surface area contributed by atoms with Crippen molar-refractivity contribution in [3.8, 4) is 16.9 Å². The molecule has 1 fully saturated rings. The van der Waals surface area contributed by atoms with Crippen LogP contribution in [0.1, 0.15) is 28.8 Å². The lowest BCUT2D eigenvalue weighted by molar-refractivity contribution is -0.153. The number of aliphatic hydroxyl groups is 1. The molecule has 0 aliphatic carbocycles. The van der Waals surface area contributed by atoms with Crippen LogP contribution in [-0.4, -0.2) is 68.4 Å². The average Bonchev–Trinajstić information content (AvgIpc) is 3.44. The number of nitrogens with zero attached hydrogens (tertiary/aromatic N) is 4. The molecule has 5 aromatic rings. The van der Waals surface area contributed by atoms with Gasteiger partial charge in [0.2, 0.25) is 11.9 Å². The Hall–Kier alpha value is -5.50. The third kappa shape index (κ3) is 7.33. The lowest BCUT2D eigenvalue weighted by Gasteiger charge is -2.36. The minimum atomic E-state index is -4.61. The van der Waals surface area contributed by atoms with Gasteiger partial charge in [0.1, 0.15) is 11.6 Å². The number of aliphatic hydroxyl groups excluding tert-OH is 1. The van der Waals surface area contributed by atoms with E-state index >= 15 is 0 Å². The van der Waals surface area contributed by atoms with E-state index in [-0.39, 0.29) is 47.8 Å². The molecule has 1 saturated heterocycles. The normalized spacial score (nSPS) is 14.0. The maximum absolute atomic E-state index is 13.2. The number of nitrogens with one attached hydrogen (secondary N) is 2. The van der Waals surface area contributed by atoms with E-state index in [4.69, 9.17) is 4.74 Å². The molecule has 242 valence electrons. The van der Waals surface area contributed by atoms with Crippen molar-refractivity contribution in [3.63, 3.8) is 0 Å². The number of ether oxygens (including phenoxy) is 1. The Morgan fingerprint density at radius 1 is 1.00 bits per heavy atom. The Balaban J connectivity index is 1.16. The molecule has 47 heavy (non-hydrogen) atoms. The predicted molar refractivity (Wildman–Crippen MR) is 165 cm³/mol. The number of carbonyl (C=O) groups excluding carboxylic acids is 2. The van der Waals surface area contributed by atoms with E-state index in [2.05, 4.69) is 20.7 Å². The smallest absolute Gasteiger partial charge is 0.422 e. The second-order valence-electron chi connectivity index (χ2n) is 11.1. The molecule has 1 aliphatic rings. The van der Waals surface area contributed by atoms with Crippen molar-refractivity contribution in [3.05, 3.63) is 102 Å². The minimum Gasteiger partial charge on any atom is -0.482 e. The van der Waals surface area contributed by atoms with Gasteiger partial charge < -0.3 is 25.4 Å². The first-order valence-electron chi connectivity index (χ1n) is 14.5. The number of rotatable bonds is 9. The summed E-state index contributed by atoms with van der Waals surface area (Å²) < 4.78 is 58.7. The van der Waals surface area contributed by atoms with Gasteiger partial charge in [0.15, 0.2) is 12.3 Å². The van der Waals surface area contributed by atoms with Gasteiger partial charge in [-0.15, -0.1) is 5.10 Å². The van der Waals surface area contributed by atoms with E-state index in [1.807, 2.05) is 18.2 Å². The monoisotopic (exact) mass is 648 g/mol. The molecule has 0 spiro atoms. The van der Waals surface area contributed by atoms with Crippen LogP contribution < -0.4 is 15.4 Å². The van der Waals surface area contributed by atoms with Gasteiger partial charge in [-0.2, -0.15) is 18.2 Å². The van der Waals surface area contributed by atoms with Crippen molar-refractivity contribution in [2.75, 3.05) is 30.3 Å². The molecule has 10 nitrogen and oxygen atoms in total. The Kier molecular flexibility index (Phi) is 8.52. The van der Waals surface area contributed by atoms with Gasteiger partial charge in [-0.3, -0.25) is 9.59 Å². The maximum atomic E-state index is 13.2. The predicted octanol–water partition coefficient (Wildman–Crippen LogP) is 5.78. The van der Waals surface area contributed by atoms with Gasteiger partial charge in [0, 0.05) is 36.1 Å². The highest BCUT2D eigenvalue weighted by atomic mass is 19.4. The highest BCUT2D eigenvalue weighted by molar-refractivity contribution is 5.96. The number of β-amino-alcohol motifs (C(OH)–C–C–N with tert-alkyl or cyclic N) is 1. The fraction of sp³-hybridized carbons (Fsp3) is 0.212. The number of hydrogen-bond acceptors (Lipinski definition) is 7. The third-order valence-electron chi connectivity index (χ3n) is 7.60. The number of anilines is 3. The summed E-state index contributed by atoms with van der Waals surface area (Å²) in [5, 5.41) is 19.6. The standard InChI is InChI=1S/C33H28F4N6O4/c1-19(20-2-8-24(34)9-3-20)30(45)38-25-10-4-21(5-11-25)23-7-13-29-40-32(41-43(29)15-23)39-27-12-6-22(31(46)42-16-26(44)17-42)14-28(27)47-18-33(35,36)37/h2-15,19,26,44H,16-18H2,1H3,(H,38,45)(H,39,41)/t19-/m1/s1. The lowest BCUT2D eigenvalue weighted by atomic mass is 10.00. The SMILES string of the molecule is C[C@@H](C(=O)Nc1ccc(-c2ccc3nc(Nc4ccc(C(=O)N5CC(O)C5)cc4OCC(F)(F)F)nn3c2)cc1)c1ccc(F)cc1. The fourth-order valence-electron chi connectivity index (χ4n) is 4.97. The number of likely N-dealkylation sites (tertiary alicyclic amines) is 1. The molecule has 3 N–H and O–H groups in total. The zero-order chi connectivity index (χ0) is 33.3. The number of hydrogen-bond donors (Lipinski definition) is 3. The molecule has 2 aromatic heterocycles. The Labute approximate surface area is 265 Å². The van der Waals surface area contributed by atoms with Crippen molar-refractivity contribution in [1.29, 1.82) is 0 Å². The first-order valence-corrected chi connectivity index (χ1v) is 14.5. The number of aromatic nitrogens is 3. The summed E-state index contributed by atoms with van der Waals surface area (Å²) in [6.07, 6.45) is -3.51. The highest BCUT2D eigenvalue weighted by Gasteiger charge is 2.31. The van der Waals surface area contributed by atoms with Crippen LogP contribution in [0.4, 0.5) is 34.9 Å². The van der Waals surface area contributed by atoms with Crippen LogP contribution in [0.5, 0.6) is 5.75 Å². The van der Waals surface area contributed by atoms with Crippen molar-refractivity contribution in [2.24, 2.45) is 0 Å². The molecule has 3 aromatic carbocycles. The van der Waals surface area contributed by atoms with Crippen molar-refractivity contribution >= 4 is 34.8 Å². The number of carbonyl (C=O) groups is 2. The van der Waals surface area contributed by atoms with Crippen LogP contribution in [0, 0.1) is 5.82 Å². The summed E-state index contributed by atoms with van der Waals surface area (Å²) in [5.41, 5.74) is 3.56. The first kappa shape index (κ1) is 31.5. The molecule has 0 radical (unpaired) electrons. The summed E-state index contributed by atoms with van der Waals surface area (Å²) in [4.78, 5) is 31.2. The van der Waals surface area contributed by atoms with E-state index in [0.29, 0.717) is 16.9 Å². The van der Waals surface area contributed by atoms with Crippen LogP contribution >= 0.6 is 0 Å². The number of alkyl halides is 3. The van der Waals surface area contributed by atoms with E-state index < -0.39 is 30.7 Å². The number of amides is 2. The summed E-state index contributed by atoms with van der Waals surface area (Å²) in [6, 6.07) is 20.5. The summed E-state index contributed by atoms with van der Waals surface area (Å²) >= 11 is 0. The molecule has 2 amide bonds. The molecule has 0 saturated carbocycles. The average molecular weight is 649 g/mol. The molecule has 14 heteroatoms. The molecule has 0 unspecified atom stereocenters. The maximum Gasteiger partial charge on any atom is 0.422 e. The van der Waals surface area contributed by atoms with Gasteiger partial charge in [-0.05, 0) is 72.6 Å². The van der Waals surface area contributed by atoms with Crippen LogP contribution in [0.25, 0.3) is 16.8 Å². The Bertz CT molecular complexity index is 1920. The third-order valence-corrected chi connectivity index (χ3v) is 7.60. The van der Waals surface area contributed by atoms with Gasteiger partial charge in [0.05, 0.1) is 17.7 Å². The quantitative estimate of drug-likeness (QED) is 0.173. The second-order valence-corrected chi connectivity index (χ2v) is 11.1. The highest BCUT2D eigenvalue weighted by Crippen LogP contribution is 2.31. The van der Waals surface area contributed by atoms with E-state index in [1.165, 1.54) is 39.7 Å².